The van der Waals surface area contributed by atoms with Crippen LogP contribution in [-0.2, 0) is 11.3 Å². The van der Waals surface area contributed by atoms with Crippen LogP contribution in [0.15, 0.2) is 6.20 Å². The summed E-state index contributed by atoms with van der Waals surface area (Å²) in [6.45, 7) is 7.37. The largest absolute Gasteiger partial charge is 0.372 e. The van der Waals surface area contributed by atoms with Crippen molar-refractivity contribution in [1.29, 1.82) is 0 Å². The maximum atomic E-state index is 5.66. The second-order valence-corrected chi connectivity index (χ2v) is 5.44. The van der Waals surface area contributed by atoms with Crippen molar-refractivity contribution in [2.45, 2.75) is 26.0 Å². The molecule has 5 heteroatoms. The lowest BCUT2D eigenvalue weighted by Crippen LogP contribution is -2.48. The van der Waals surface area contributed by atoms with Crippen molar-refractivity contribution < 1.29 is 4.74 Å². The van der Waals surface area contributed by atoms with Gasteiger partial charge in [0.05, 0.1) is 12.2 Å². The van der Waals surface area contributed by atoms with Gasteiger partial charge in [-0.1, -0.05) is 0 Å². The Morgan fingerprint density at radius 1 is 1.67 bits per heavy atom. The minimum absolute atomic E-state index is 0.0766. The molecule has 0 saturated carbocycles. The van der Waals surface area contributed by atoms with Crippen molar-refractivity contribution in [1.82, 2.24) is 4.98 Å². The molecule has 0 unspecified atom stereocenters. The molecule has 1 aromatic heterocycles. The first-order chi connectivity index (χ1) is 7.11. The summed E-state index contributed by atoms with van der Waals surface area (Å²) in [4.78, 5) is 7.79. The van der Waals surface area contributed by atoms with E-state index in [1.807, 2.05) is 6.20 Å². The Labute approximate surface area is 94.1 Å². The normalized spacial score (nSPS) is 20.6. The zero-order chi connectivity index (χ0) is 10.9. The zero-order valence-electron chi connectivity index (χ0n) is 9.19. The van der Waals surface area contributed by atoms with E-state index in [-0.39, 0.29) is 5.60 Å². The van der Waals surface area contributed by atoms with Gasteiger partial charge in [0.2, 0.25) is 0 Å². The van der Waals surface area contributed by atoms with Crippen LogP contribution in [0.1, 0.15) is 18.7 Å². The van der Waals surface area contributed by atoms with Gasteiger partial charge < -0.3 is 15.4 Å². The molecule has 1 aliphatic rings. The molecule has 2 N–H and O–H groups in total. The van der Waals surface area contributed by atoms with E-state index < -0.39 is 0 Å². The van der Waals surface area contributed by atoms with Crippen molar-refractivity contribution >= 4 is 16.5 Å². The monoisotopic (exact) mass is 227 g/mol. The van der Waals surface area contributed by atoms with Gasteiger partial charge >= 0.3 is 0 Å². The number of ether oxygens (including phenoxy) is 1. The molecule has 0 aromatic carbocycles. The van der Waals surface area contributed by atoms with Crippen molar-refractivity contribution in [3.05, 3.63) is 11.1 Å². The number of hydrogen-bond donors (Lipinski definition) is 1. The van der Waals surface area contributed by atoms with Gasteiger partial charge in [-0.2, -0.15) is 0 Å². The van der Waals surface area contributed by atoms with E-state index in [1.54, 1.807) is 11.3 Å². The molecule has 0 aliphatic carbocycles. The Morgan fingerprint density at radius 2 is 2.47 bits per heavy atom. The quantitative estimate of drug-likeness (QED) is 0.825. The molecule has 0 spiro atoms. The van der Waals surface area contributed by atoms with Crippen LogP contribution < -0.4 is 10.6 Å². The molecule has 2 heterocycles. The molecule has 1 saturated heterocycles. The van der Waals surface area contributed by atoms with Crippen LogP contribution in [0, 0.1) is 0 Å². The summed E-state index contributed by atoms with van der Waals surface area (Å²) in [5, 5.41) is 1.06. The minimum Gasteiger partial charge on any atom is -0.372 e. The van der Waals surface area contributed by atoms with Gasteiger partial charge in [0.15, 0.2) is 5.13 Å². The number of anilines is 1. The first kappa shape index (κ1) is 10.9. The van der Waals surface area contributed by atoms with Crippen LogP contribution >= 0.6 is 11.3 Å². The minimum atomic E-state index is -0.0766. The van der Waals surface area contributed by atoms with Crippen molar-refractivity contribution in [2.24, 2.45) is 5.73 Å². The Bertz CT molecular complexity index is 337. The lowest BCUT2D eigenvalue weighted by molar-refractivity contribution is -0.0277. The first-order valence-corrected chi connectivity index (χ1v) is 5.96. The summed E-state index contributed by atoms with van der Waals surface area (Å²) in [7, 11) is 0. The fourth-order valence-electron chi connectivity index (χ4n) is 1.72. The topological polar surface area (TPSA) is 51.4 Å². The molecule has 2 rings (SSSR count). The van der Waals surface area contributed by atoms with E-state index in [0.29, 0.717) is 6.54 Å². The number of nitrogens with zero attached hydrogens (tertiary/aromatic N) is 2. The Balaban J connectivity index is 2.10. The van der Waals surface area contributed by atoms with Gasteiger partial charge in [-0.15, -0.1) is 11.3 Å². The molecule has 1 aliphatic heterocycles. The van der Waals surface area contributed by atoms with Gasteiger partial charge in [-0.3, -0.25) is 0 Å². The lowest BCUT2D eigenvalue weighted by atomic mass is 10.1. The zero-order valence-corrected chi connectivity index (χ0v) is 10.0. The Kier molecular flexibility index (Phi) is 2.95. The molecular formula is C10H17N3OS. The molecule has 4 nitrogen and oxygen atoms in total. The highest BCUT2D eigenvalue weighted by atomic mass is 32.1. The van der Waals surface area contributed by atoms with E-state index in [9.17, 15) is 0 Å². The Hall–Kier alpha value is -0.650. The molecule has 1 fully saturated rings. The lowest BCUT2D eigenvalue weighted by Gasteiger charge is -2.37. The standard InChI is InChI=1S/C10H17N3OS/c1-10(2)7-13(3-4-14-10)9-12-6-8(5-11)15-9/h6H,3-5,7,11H2,1-2H3. The van der Waals surface area contributed by atoms with Crippen LogP contribution in [0.3, 0.4) is 0 Å². The average molecular weight is 227 g/mol. The number of thiazole rings is 1. The number of rotatable bonds is 2. The van der Waals surface area contributed by atoms with Gasteiger partial charge in [-0.25, -0.2) is 4.98 Å². The average Bonchev–Trinajstić information content (AvgIpc) is 2.64. The van der Waals surface area contributed by atoms with Crippen molar-refractivity contribution in [3.63, 3.8) is 0 Å². The van der Waals surface area contributed by atoms with Crippen LogP contribution in [0.4, 0.5) is 5.13 Å². The molecule has 15 heavy (non-hydrogen) atoms. The summed E-state index contributed by atoms with van der Waals surface area (Å²) >= 11 is 1.67. The highest BCUT2D eigenvalue weighted by Crippen LogP contribution is 2.26. The van der Waals surface area contributed by atoms with Crippen LogP contribution in [-0.4, -0.2) is 30.3 Å². The molecule has 0 atom stereocenters. The first-order valence-electron chi connectivity index (χ1n) is 5.14. The van der Waals surface area contributed by atoms with E-state index in [1.165, 1.54) is 0 Å². The predicted octanol–water partition coefficient (Wildman–Crippen LogP) is 1.22. The molecule has 1 aromatic rings. The van der Waals surface area contributed by atoms with Crippen molar-refractivity contribution in [3.8, 4) is 0 Å². The third-order valence-corrected chi connectivity index (χ3v) is 3.52. The van der Waals surface area contributed by atoms with Crippen LogP contribution in [0.25, 0.3) is 0 Å². The highest BCUT2D eigenvalue weighted by Gasteiger charge is 2.28. The SMILES string of the molecule is CC1(C)CN(c2ncc(CN)s2)CCO1. The van der Waals surface area contributed by atoms with Gasteiger partial charge in [0, 0.05) is 30.7 Å². The second-order valence-electron chi connectivity index (χ2n) is 4.34. The fourth-order valence-corrected chi connectivity index (χ4v) is 2.53. The van der Waals surface area contributed by atoms with Crippen molar-refractivity contribution in [2.75, 3.05) is 24.6 Å². The summed E-state index contributed by atoms with van der Waals surface area (Å²) in [6, 6.07) is 0. The molecule has 0 amide bonds. The summed E-state index contributed by atoms with van der Waals surface area (Å²) in [6.07, 6.45) is 1.86. The smallest absolute Gasteiger partial charge is 0.185 e. The van der Waals surface area contributed by atoms with E-state index in [0.717, 1.165) is 29.7 Å². The van der Waals surface area contributed by atoms with E-state index in [2.05, 4.69) is 23.7 Å². The fraction of sp³-hybridized carbons (Fsp3) is 0.700. The summed E-state index contributed by atoms with van der Waals surface area (Å²) in [5.74, 6) is 0. The van der Waals surface area contributed by atoms with Gasteiger partial charge in [0.25, 0.3) is 0 Å². The van der Waals surface area contributed by atoms with Gasteiger partial charge in [-0.05, 0) is 13.8 Å². The maximum absolute atomic E-state index is 5.66. The maximum Gasteiger partial charge on any atom is 0.185 e. The molecule has 84 valence electrons. The van der Waals surface area contributed by atoms with E-state index >= 15 is 0 Å². The Morgan fingerprint density at radius 3 is 3.07 bits per heavy atom. The molecular weight excluding hydrogens is 210 g/mol. The number of aromatic nitrogens is 1. The summed E-state index contributed by atoms with van der Waals surface area (Å²) in [5.41, 5.74) is 5.50. The van der Waals surface area contributed by atoms with Gasteiger partial charge in [0.1, 0.15) is 0 Å². The molecule has 0 radical (unpaired) electrons. The van der Waals surface area contributed by atoms with Crippen LogP contribution in [0.5, 0.6) is 0 Å². The second kappa shape index (κ2) is 4.08. The molecule has 0 bridgehead atoms. The third-order valence-electron chi connectivity index (χ3n) is 2.44. The summed E-state index contributed by atoms with van der Waals surface area (Å²) < 4.78 is 5.66. The number of nitrogens with two attached hydrogens (primary N) is 1. The van der Waals surface area contributed by atoms with E-state index in [4.69, 9.17) is 10.5 Å². The predicted molar refractivity (Wildman–Crippen MR) is 62.2 cm³/mol. The third kappa shape index (κ3) is 2.48. The number of hydrogen-bond acceptors (Lipinski definition) is 5. The number of morpholine rings is 1. The van der Waals surface area contributed by atoms with Crippen LogP contribution in [0.2, 0.25) is 0 Å². The highest BCUT2D eigenvalue weighted by molar-refractivity contribution is 7.15.